The second-order valence-corrected chi connectivity index (χ2v) is 14.3. The van der Waals surface area contributed by atoms with Crippen LogP contribution < -0.4 is 0 Å². The van der Waals surface area contributed by atoms with E-state index in [2.05, 4.69) is 27.4 Å². The van der Waals surface area contributed by atoms with Crippen LogP contribution in [0.5, 0.6) is 0 Å². The second-order valence-electron chi connectivity index (χ2n) is 14.3. The lowest BCUT2D eigenvalue weighted by Gasteiger charge is -2.72. The van der Waals surface area contributed by atoms with E-state index in [0.29, 0.717) is 25.2 Å². The minimum absolute atomic E-state index is 0.00540. The third kappa shape index (κ3) is 2.92. The molecule has 0 heterocycles. The van der Waals surface area contributed by atoms with Crippen LogP contribution in [0, 0.1) is 56.7 Å². The van der Waals surface area contributed by atoms with Gasteiger partial charge in [-0.05, 0) is 123 Å². The van der Waals surface area contributed by atoms with E-state index in [0.717, 1.165) is 50.5 Å². The summed E-state index contributed by atoms with van der Waals surface area (Å²) in [6.07, 6.45) is 7.16. The molecule has 0 radical (unpaired) electrons. The first-order valence-corrected chi connectivity index (χ1v) is 14.2. The van der Waals surface area contributed by atoms with Gasteiger partial charge >= 0.3 is 11.9 Å². The minimum Gasteiger partial charge on any atom is -0.481 e. The first-order chi connectivity index (χ1) is 16.7. The Morgan fingerprint density at radius 1 is 0.806 bits per heavy atom. The molecule has 0 aliphatic heterocycles. The third-order valence-electron chi connectivity index (χ3n) is 13.7. The van der Waals surface area contributed by atoms with Crippen LogP contribution in [-0.4, -0.2) is 45.1 Å². The maximum absolute atomic E-state index is 12.8. The van der Waals surface area contributed by atoms with Gasteiger partial charge in [0.25, 0.3) is 0 Å². The number of aliphatic carboxylic acids is 2. The predicted molar refractivity (Wildman–Crippen MR) is 136 cm³/mol. The van der Waals surface area contributed by atoms with Crippen LogP contribution >= 0.6 is 0 Å². The largest absolute Gasteiger partial charge is 0.481 e. The van der Waals surface area contributed by atoms with E-state index in [1.165, 1.54) is 0 Å². The van der Waals surface area contributed by atoms with E-state index < -0.39 is 28.9 Å². The maximum Gasteiger partial charge on any atom is 0.312 e. The normalized spacial score (nSPS) is 53.9. The molecule has 202 valence electrons. The van der Waals surface area contributed by atoms with Gasteiger partial charge in [-0.25, -0.2) is 0 Å². The van der Waals surface area contributed by atoms with Gasteiger partial charge in [0, 0.05) is 0 Å². The number of fused-ring (bicyclic) bond motifs is 7. The standard InChI is InChI=1S/C30H46O6/c1-17(16-31)18-8-13-30(25(35)36)15-14-27(3)19(23(18)30)6-7-20-26(2)11-10-22(32)29(5,24(33)34)21(26)9-12-28(20,27)4/h18-23,31-32H,1,6-16H2,2-5H3,(H,33,34)(H,35,36). The lowest BCUT2D eigenvalue weighted by atomic mass is 9.32. The zero-order valence-electron chi connectivity index (χ0n) is 22.6. The number of carboxylic acid groups (broad SMARTS) is 2. The highest BCUT2D eigenvalue weighted by atomic mass is 16.4. The van der Waals surface area contributed by atoms with Crippen molar-refractivity contribution >= 4 is 11.9 Å². The van der Waals surface area contributed by atoms with Crippen molar-refractivity contribution in [3.8, 4) is 0 Å². The van der Waals surface area contributed by atoms with Crippen molar-refractivity contribution in [2.75, 3.05) is 6.61 Å². The van der Waals surface area contributed by atoms with Gasteiger partial charge in [0.1, 0.15) is 0 Å². The van der Waals surface area contributed by atoms with E-state index in [4.69, 9.17) is 0 Å². The molecule has 6 nitrogen and oxygen atoms in total. The number of carboxylic acids is 2. The van der Waals surface area contributed by atoms with Gasteiger partial charge in [0.2, 0.25) is 0 Å². The lowest BCUT2D eigenvalue weighted by molar-refractivity contribution is -0.251. The molecule has 0 bridgehead atoms. The van der Waals surface area contributed by atoms with Gasteiger partial charge in [-0.15, -0.1) is 0 Å². The van der Waals surface area contributed by atoms with E-state index in [-0.39, 0.29) is 46.5 Å². The number of hydrogen-bond donors (Lipinski definition) is 4. The molecule has 0 amide bonds. The zero-order chi connectivity index (χ0) is 26.5. The Labute approximate surface area is 215 Å². The molecule has 0 aromatic heterocycles. The lowest BCUT2D eigenvalue weighted by Crippen LogP contribution is -2.68. The summed E-state index contributed by atoms with van der Waals surface area (Å²) in [6, 6.07) is 0. The van der Waals surface area contributed by atoms with Crippen molar-refractivity contribution in [2.24, 2.45) is 56.7 Å². The zero-order valence-corrected chi connectivity index (χ0v) is 22.6. The SMILES string of the molecule is C=C(CO)C1CCC2(C(=O)O)CCC3(C)C(CCC4C5(C)CCC(O)C(C)(C(=O)O)C5CCC43C)C12. The molecule has 6 heteroatoms. The van der Waals surface area contributed by atoms with Crippen LogP contribution in [-0.2, 0) is 9.59 Å². The van der Waals surface area contributed by atoms with Gasteiger partial charge in [0.15, 0.2) is 0 Å². The Morgan fingerprint density at radius 3 is 2.11 bits per heavy atom. The molecule has 5 saturated carbocycles. The molecular formula is C30H46O6. The van der Waals surface area contributed by atoms with Gasteiger partial charge in [-0.2, -0.15) is 0 Å². The van der Waals surface area contributed by atoms with Gasteiger partial charge in [-0.3, -0.25) is 9.59 Å². The first kappa shape index (κ1) is 26.2. The molecule has 11 unspecified atom stereocenters. The topological polar surface area (TPSA) is 115 Å². The summed E-state index contributed by atoms with van der Waals surface area (Å²) in [7, 11) is 0. The van der Waals surface area contributed by atoms with E-state index >= 15 is 0 Å². The number of carbonyl (C=O) groups is 2. The van der Waals surface area contributed by atoms with Crippen molar-refractivity contribution in [3.63, 3.8) is 0 Å². The van der Waals surface area contributed by atoms with Crippen LogP contribution in [0.4, 0.5) is 0 Å². The molecule has 0 aromatic carbocycles. The van der Waals surface area contributed by atoms with Crippen LogP contribution in [0.25, 0.3) is 0 Å². The summed E-state index contributed by atoms with van der Waals surface area (Å²) >= 11 is 0. The van der Waals surface area contributed by atoms with Crippen LogP contribution in [0.2, 0.25) is 0 Å². The Bertz CT molecular complexity index is 976. The highest BCUT2D eigenvalue weighted by molar-refractivity contribution is 5.76. The van der Waals surface area contributed by atoms with Crippen molar-refractivity contribution in [1.29, 1.82) is 0 Å². The summed E-state index contributed by atoms with van der Waals surface area (Å²) in [5, 5.41) is 41.6. The Kier molecular flexibility index (Phi) is 5.86. The van der Waals surface area contributed by atoms with Crippen molar-refractivity contribution in [1.82, 2.24) is 0 Å². The summed E-state index contributed by atoms with van der Waals surface area (Å²) in [5.41, 5.74) is -1.32. The molecule has 0 spiro atoms. The number of aliphatic hydroxyl groups excluding tert-OH is 2. The van der Waals surface area contributed by atoms with Crippen LogP contribution in [0.15, 0.2) is 12.2 Å². The third-order valence-corrected chi connectivity index (χ3v) is 13.7. The van der Waals surface area contributed by atoms with Crippen molar-refractivity contribution in [3.05, 3.63) is 12.2 Å². The van der Waals surface area contributed by atoms with E-state index in [1.807, 2.05) is 0 Å². The molecule has 4 N–H and O–H groups in total. The predicted octanol–water partition coefficient (Wildman–Crippen LogP) is 5.13. The summed E-state index contributed by atoms with van der Waals surface area (Å²) in [6.45, 7) is 13.0. The number of hydrogen-bond acceptors (Lipinski definition) is 4. The van der Waals surface area contributed by atoms with E-state index in [1.54, 1.807) is 6.92 Å². The minimum atomic E-state index is -1.13. The average molecular weight is 503 g/mol. The molecule has 0 aromatic rings. The fourth-order valence-corrected chi connectivity index (χ4v) is 11.5. The Balaban J connectivity index is 1.57. The maximum atomic E-state index is 12.8. The highest BCUT2D eigenvalue weighted by Gasteiger charge is 2.73. The van der Waals surface area contributed by atoms with Crippen molar-refractivity contribution in [2.45, 2.75) is 98.0 Å². The second kappa shape index (κ2) is 8.05. The molecule has 36 heavy (non-hydrogen) atoms. The molecule has 5 aliphatic carbocycles. The van der Waals surface area contributed by atoms with Crippen LogP contribution in [0.3, 0.4) is 0 Å². The monoisotopic (exact) mass is 502 g/mol. The molecule has 11 atom stereocenters. The van der Waals surface area contributed by atoms with E-state index in [9.17, 15) is 30.0 Å². The fraction of sp³-hybridized carbons (Fsp3) is 0.867. The Morgan fingerprint density at radius 2 is 1.50 bits per heavy atom. The summed E-state index contributed by atoms with van der Waals surface area (Å²) < 4.78 is 0. The van der Waals surface area contributed by atoms with Crippen molar-refractivity contribution < 1.29 is 30.0 Å². The van der Waals surface area contributed by atoms with Gasteiger partial charge in [-0.1, -0.05) is 27.4 Å². The molecule has 5 fully saturated rings. The molecule has 5 aliphatic rings. The van der Waals surface area contributed by atoms with Crippen LogP contribution in [0.1, 0.15) is 91.9 Å². The summed E-state index contributed by atoms with van der Waals surface area (Å²) in [5.74, 6) is -0.996. The van der Waals surface area contributed by atoms with Gasteiger partial charge < -0.3 is 20.4 Å². The average Bonchev–Trinajstić information content (AvgIpc) is 3.22. The first-order valence-electron chi connectivity index (χ1n) is 14.2. The highest BCUT2D eigenvalue weighted by Crippen LogP contribution is 2.77. The van der Waals surface area contributed by atoms with Gasteiger partial charge in [0.05, 0.1) is 23.5 Å². The molecule has 5 rings (SSSR count). The number of rotatable bonds is 4. The Hall–Kier alpha value is -1.40. The molecular weight excluding hydrogens is 456 g/mol. The summed E-state index contributed by atoms with van der Waals surface area (Å²) in [4.78, 5) is 25.3. The number of aliphatic hydroxyl groups is 2. The quantitative estimate of drug-likeness (QED) is 0.396. The molecule has 0 saturated heterocycles. The smallest absolute Gasteiger partial charge is 0.312 e. The fourth-order valence-electron chi connectivity index (χ4n) is 11.5.